The van der Waals surface area contributed by atoms with Crippen LogP contribution in [0.25, 0.3) is 22.6 Å². The number of nitrogens with one attached hydrogen (secondary N) is 1. The summed E-state index contributed by atoms with van der Waals surface area (Å²) in [5.74, 6) is 1.81. The van der Waals surface area contributed by atoms with E-state index in [0.717, 1.165) is 29.7 Å². The molecule has 1 saturated heterocycles. The molecule has 10 heteroatoms. The lowest BCUT2D eigenvalue weighted by molar-refractivity contribution is -0.123. The molecule has 190 valence electrons. The molecule has 1 aliphatic carbocycles. The van der Waals surface area contributed by atoms with Crippen molar-refractivity contribution >= 4 is 28.7 Å². The normalized spacial score (nSPS) is 18.5. The summed E-state index contributed by atoms with van der Waals surface area (Å²) in [4.78, 5) is 29.9. The van der Waals surface area contributed by atoms with Crippen molar-refractivity contribution in [2.24, 2.45) is 0 Å². The standard InChI is InChI=1S/C27H27ClN6O3/c1-16-7-10-29-17(11-16)14-34-24(33-23-25(34)31-15-32-26(23)37-27(2)8-9-27)20-5-3-18(12-21(20)28)36-19-4-6-22(35)30-13-19/h3,5,7,10-12,15,19H,4,6,8-9,13-14H2,1-2H3,(H,30,35)/t19-/m0/s1. The van der Waals surface area contributed by atoms with E-state index in [1.165, 1.54) is 6.33 Å². The van der Waals surface area contributed by atoms with E-state index in [9.17, 15) is 4.79 Å². The molecule has 1 atom stereocenters. The van der Waals surface area contributed by atoms with Crippen LogP contribution in [0.5, 0.6) is 11.6 Å². The quantitative estimate of drug-likeness (QED) is 0.384. The number of nitrogens with zero attached hydrogens (tertiary/aromatic N) is 5. The highest BCUT2D eigenvalue weighted by atomic mass is 35.5. The summed E-state index contributed by atoms with van der Waals surface area (Å²) < 4.78 is 14.3. The maximum absolute atomic E-state index is 11.5. The van der Waals surface area contributed by atoms with Crippen molar-refractivity contribution in [2.75, 3.05) is 6.54 Å². The molecule has 0 unspecified atom stereocenters. The molecule has 4 aromatic rings. The van der Waals surface area contributed by atoms with Gasteiger partial charge < -0.3 is 19.4 Å². The topological polar surface area (TPSA) is 104 Å². The predicted molar refractivity (Wildman–Crippen MR) is 139 cm³/mol. The van der Waals surface area contributed by atoms with Gasteiger partial charge in [0.05, 0.1) is 23.8 Å². The van der Waals surface area contributed by atoms with Gasteiger partial charge in [0.2, 0.25) is 11.8 Å². The van der Waals surface area contributed by atoms with Crippen molar-refractivity contribution < 1.29 is 14.3 Å². The maximum atomic E-state index is 11.5. The summed E-state index contributed by atoms with van der Waals surface area (Å²) in [5.41, 5.74) is 3.77. The first-order valence-electron chi connectivity index (χ1n) is 12.4. The highest BCUT2D eigenvalue weighted by Gasteiger charge is 2.41. The Morgan fingerprint density at radius 3 is 2.78 bits per heavy atom. The summed E-state index contributed by atoms with van der Waals surface area (Å²) >= 11 is 6.80. The van der Waals surface area contributed by atoms with E-state index in [1.54, 1.807) is 12.3 Å². The molecule has 9 nitrogen and oxygen atoms in total. The second-order valence-corrected chi connectivity index (χ2v) is 10.4. The minimum Gasteiger partial charge on any atom is -0.489 e. The monoisotopic (exact) mass is 518 g/mol. The molecule has 0 spiro atoms. The highest BCUT2D eigenvalue weighted by Crippen LogP contribution is 2.41. The van der Waals surface area contributed by atoms with Crippen molar-refractivity contribution in [3.63, 3.8) is 0 Å². The van der Waals surface area contributed by atoms with E-state index in [0.29, 0.717) is 59.6 Å². The predicted octanol–water partition coefficient (Wildman–Crippen LogP) is 4.49. The fourth-order valence-electron chi connectivity index (χ4n) is 4.46. The van der Waals surface area contributed by atoms with Gasteiger partial charge in [-0.2, -0.15) is 4.98 Å². The highest BCUT2D eigenvalue weighted by molar-refractivity contribution is 6.33. The molecular weight excluding hydrogens is 492 g/mol. The lowest BCUT2D eigenvalue weighted by Crippen LogP contribution is -2.40. The molecule has 2 aliphatic rings. The number of halogens is 1. The summed E-state index contributed by atoms with van der Waals surface area (Å²) in [6.07, 6.45) is 6.32. The Hall–Kier alpha value is -3.72. The van der Waals surface area contributed by atoms with E-state index in [4.69, 9.17) is 26.1 Å². The number of ether oxygens (including phenoxy) is 2. The van der Waals surface area contributed by atoms with Gasteiger partial charge in [-0.1, -0.05) is 11.6 Å². The van der Waals surface area contributed by atoms with Gasteiger partial charge in [-0.3, -0.25) is 9.78 Å². The van der Waals surface area contributed by atoms with Crippen molar-refractivity contribution in [1.82, 2.24) is 29.8 Å². The Balaban J connectivity index is 1.39. The van der Waals surface area contributed by atoms with Gasteiger partial charge in [-0.25, -0.2) is 9.97 Å². The number of aromatic nitrogens is 5. The second kappa shape index (κ2) is 9.30. The summed E-state index contributed by atoms with van der Waals surface area (Å²) in [6, 6.07) is 9.57. The number of benzene rings is 1. The van der Waals surface area contributed by atoms with Crippen molar-refractivity contribution in [2.45, 2.75) is 57.8 Å². The third-order valence-electron chi connectivity index (χ3n) is 6.79. The van der Waals surface area contributed by atoms with Gasteiger partial charge in [0.25, 0.3) is 0 Å². The number of aryl methyl sites for hydroxylation is 1. The van der Waals surface area contributed by atoms with Crippen LogP contribution in [0.15, 0.2) is 42.9 Å². The fraction of sp³-hybridized carbons (Fsp3) is 0.370. The van der Waals surface area contributed by atoms with Crippen molar-refractivity contribution in [3.05, 3.63) is 59.1 Å². The van der Waals surface area contributed by atoms with E-state index in [2.05, 4.69) is 27.2 Å². The molecule has 0 radical (unpaired) electrons. The number of amides is 1. The molecular formula is C27H27ClN6O3. The minimum atomic E-state index is -0.210. The molecule has 0 bridgehead atoms. The van der Waals surface area contributed by atoms with Gasteiger partial charge in [0.1, 0.15) is 29.6 Å². The SMILES string of the molecule is Cc1ccnc(Cn2c(-c3ccc(O[C@H]4CCC(=O)NC4)cc3Cl)nc3c(OC4(C)CC4)ncnc32)c1. The van der Waals surface area contributed by atoms with Crippen LogP contribution in [-0.2, 0) is 11.3 Å². The zero-order valence-electron chi connectivity index (χ0n) is 20.7. The van der Waals surface area contributed by atoms with Crippen LogP contribution in [0.1, 0.15) is 43.9 Å². The largest absolute Gasteiger partial charge is 0.489 e. The van der Waals surface area contributed by atoms with E-state index in [1.807, 2.05) is 35.8 Å². The number of hydrogen-bond donors (Lipinski definition) is 1. The number of fused-ring (bicyclic) bond motifs is 1. The van der Waals surface area contributed by atoms with Crippen LogP contribution < -0.4 is 14.8 Å². The number of hydrogen-bond acceptors (Lipinski definition) is 7. The average Bonchev–Trinajstić information content (AvgIpc) is 3.49. The van der Waals surface area contributed by atoms with Gasteiger partial charge in [0.15, 0.2) is 11.2 Å². The number of piperidine rings is 1. The minimum absolute atomic E-state index is 0.0531. The van der Waals surface area contributed by atoms with E-state index < -0.39 is 0 Å². The number of carbonyl (C=O) groups excluding carboxylic acids is 1. The molecule has 6 rings (SSSR count). The summed E-state index contributed by atoms with van der Waals surface area (Å²) in [6.45, 7) is 5.05. The van der Waals surface area contributed by atoms with Gasteiger partial charge in [-0.05, 0) is 69.0 Å². The first kappa shape index (κ1) is 23.7. The number of rotatable bonds is 7. The van der Waals surface area contributed by atoms with E-state index in [-0.39, 0.29) is 17.6 Å². The number of carbonyl (C=O) groups is 1. The van der Waals surface area contributed by atoms with Gasteiger partial charge in [0, 0.05) is 18.2 Å². The van der Waals surface area contributed by atoms with Crippen LogP contribution in [0.4, 0.5) is 0 Å². The molecule has 2 fully saturated rings. The summed E-state index contributed by atoms with van der Waals surface area (Å²) in [7, 11) is 0. The fourth-order valence-corrected chi connectivity index (χ4v) is 4.71. The molecule has 1 saturated carbocycles. The Morgan fingerprint density at radius 2 is 2.05 bits per heavy atom. The Bertz CT molecular complexity index is 1490. The van der Waals surface area contributed by atoms with Crippen molar-refractivity contribution in [3.8, 4) is 23.0 Å². The third-order valence-corrected chi connectivity index (χ3v) is 7.10. The van der Waals surface area contributed by atoms with Crippen LogP contribution in [0, 0.1) is 6.92 Å². The van der Waals surface area contributed by atoms with Gasteiger partial charge in [-0.15, -0.1) is 0 Å². The van der Waals surface area contributed by atoms with Crippen LogP contribution >= 0.6 is 11.6 Å². The smallest absolute Gasteiger partial charge is 0.245 e. The van der Waals surface area contributed by atoms with Crippen LogP contribution in [0.2, 0.25) is 5.02 Å². The first-order valence-corrected chi connectivity index (χ1v) is 12.8. The molecule has 1 amide bonds. The molecule has 3 aromatic heterocycles. The Kier molecular flexibility index (Phi) is 5.95. The molecule has 37 heavy (non-hydrogen) atoms. The van der Waals surface area contributed by atoms with Crippen LogP contribution in [-0.4, -0.2) is 48.7 Å². The second-order valence-electron chi connectivity index (χ2n) is 9.97. The third kappa shape index (κ3) is 4.96. The summed E-state index contributed by atoms with van der Waals surface area (Å²) in [5, 5.41) is 3.33. The molecule has 1 aromatic carbocycles. The van der Waals surface area contributed by atoms with Crippen molar-refractivity contribution in [1.29, 1.82) is 0 Å². The van der Waals surface area contributed by atoms with E-state index >= 15 is 0 Å². The Labute approximate surface area is 219 Å². The van der Waals surface area contributed by atoms with Gasteiger partial charge >= 0.3 is 0 Å². The number of imidazole rings is 1. The zero-order valence-corrected chi connectivity index (χ0v) is 21.5. The lowest BCUT2D eigenvalue weighted by atomic mass is 10.1. The molecule has 1 N–H and O–H groups in total. The maximum Gasteiger partial charge on any atom is 0.245 e. The lowest BCUT2D eigenvalue weighted by Gasteiger charge is -2.23. The first-order chi connectivity index (χ1) is 17.9. The van der Waals surface area contributed by atoms with Crippen LogP contribution in [0.3, 0.4) is 0 Å². The number of pyridine rings is 1. The molecule has 1 aliphatic heterocycles. The zero-order chi connectivity index (χ0) is 25.6. The Morgan fingerprint density at radius 1 is 1.19 bits per heavy atom. The molecule has 4 heterocycles. The average molecular weight is 519 g/mol.